The topological polar surface area (TPSA) is 128 Å². The molecule has 9 nitrogen and oxygen atoms in total. The number of amides is 3. The van der Waals surface area contributed by atoms with E-state index in [1.807, 2.05) is 6.92 Å². The Bertz CT molecular complexity index is 705. The molecule has 1 aliphatic rings. The third kappa shape index (κ3) is 5.54. The number of nitro groups is 1. The van der Waals surface area contributed by atoms with Crippen LogP contribution in [-0.2, 0) is 9.53 Å². The van der Waals surface area contributed by atoms with E-state index in [0.29, 0.717) is 5.92 Å². The first-order valence-corrected chi connectivity index (χ1v) is 8.38. The molecule has 0 heterocycles. The molecule has 0 bridgehead atoms. The minimum Gasteiger partial charge on any atom is -0.452 e. The normalized spacial score (nSPS) is 19.3. The largest absolute Gasteiger partial charge is 0.452 e. The summed E-state index contributed by atoms with van der Waals surface area (Å²) in [4.78, 5) is 45.5. The van der Waals surface area contributed by atoms with Crippen LogP contribution in [-0.4, -0.2) is 35.5 Å². The highest BCUT2D eigenvalue weighted by Gasteiger charge is 2.23. The van der Waals surface area contributed by atoms with Crippen LogP contribution in [0.15, 0.2) is 24.3 Å². The van der Waals surface area contributed by atoms with Gasteiger partial charge in [-0.15, -0.1) is 0 Å². The van der Waals surface area contributed by atoms with Crippen LogP contribution in [0.25, 0.3) is 0 Å². The van der Waals surface area contributed by atoms with Crippen molar-refractivity contribution in [3.05, 3.63) is 39.9 Å². The molecule has 3 amide bonds. The van der Waals surface area contributed by atoms with Crippen molar-refractivity contribution in [1.82, 2.24) is 10.6 Å². The van der Waals surface area contributed by atoms with Gasteiger partial charge in [0.15, 0.2) is 6.61 Å². The minimum absolute atomic E-state index is 0.0176. The molecule has 1 saturated carbocycles. The van der Waals surface area contributed by atoms with Gasteiger partial charge in [-0.3, -0.25) is 20.2 Å². The molecule has 1 aromatic carbocycles. The number of nitrogens with zero attached hydrogens (tertiary/aromatic N) is 1. The van der Waals surface area contributed by atoms with E-state index in [4.69, 9.17) is 4.74 Å². The summed E-state index contributed by atoms with van der Waals surface area (Å²) in [5, 5.41) is 15.6. The van der Waals surface area contributed by atoms with Crippen LogP contribution >= 0.6 is 0 Å². The van der Waals surface area contributed by atoms with Crippen LogP contribution in [0.4, 0.5) is 10.5 Å². The Balaban J connectivity index is 1.79. The number of benzene rings is 1. The summed E-state index contributed by atoms with van der Waals surface area (Å²) in [6.45, 7) is 1.39. The minimum atomic E-state index is -0.884. The summed E-state index contributed by atoms with van der Waals surface area (Å²) in [7, 11) is 0. The second kappa shape index (κ2) is 8.93. The van der Waals surface area contributed by atoms with Crippen molar-refractivity contribution in [1.29, 1.82) is 0 Å². The Morgan fingerprint density at radius 2 is 2.00 bits per heavy atom. The molecule has 0 saturated heterocycles. The smallest absolute Gasteiger partial charge is 0.338 e. The second-order valence-corrected chi connectivity index (χ2v) is 6.27. The van der Waals surface area contributed by atoms with Crippen LogP contribution in [0.1, 0.15) is 43.0 Å². The molecule has 1 aromatic rings. The molecule has 1 aliphatic carbocycles. The van der Waals surface area contributed by atoms with E-state index in [-0.39, 0.29) is 17.3 Å². The van der Waals surface area contributed by atoms with Crippen molar-refractivity contribution >= 4 is 23.6 Å². The SMILES string of the molecule is C[C@H]1CCCC[C@H]1NC(=O)NC(=O)COC(=O)c1cccc([N+](=O)[O-])c1. The van der Waals surface area contributed by atoms with Crippen LogP contribution < -0.4 is 10.6 Å². The Kier molecular flexibility index (Phi) is 6.65. The van der Waals surface area contributed by atoms with Gasteiger partial charge in [-0.05, 0) is 24.8 Å². The first-order valence-electron chi connectivity index (χ1n) is 8.38. The molecule has 0 radical (unpaired) electrons. The zero-order chi connectivity index (χ0) is 19.1. The van der Waals surface area contributed by atoms with Crippen LogP contribution in [0.3, 0.4) is 0 Å². The molecule has 9 heteroatoms. The maximum atomic E-state index is 11.8. The molecule has 2 N–H and O–H groups in total. The van der Waals surface area contributed by atoms with E-state index in [1.165, 1.54) is 18.2 Å². The lowest BCUT2D eigenvalue weighted by atomic mass is 9.86. The number of non-ortho nitro benzene ring substituents is 1. The number of nitro benzene ring substituents is 1. The number of carbonyl (C=O) groups is 3. The van der Waals surface area contributed by atoms with Gasteiger partial charge in [0.25, 0.3) is 11.6 Å². The molecule has 140 valence electrons. The quantitative estimate of drug-likeness (QED) is 0.469. The molecular formula is C17H21N3O6. The first-order chi connectivity index (χ1) is 12.4. The number of carbonyl (C=O) groups excluding carboxylic acids is 3. The summed E-state index contributed by atoms with van der Waals surface area (Å²) < 4.78 is 4.78. The number of ether oxygens (including phenoxy) is 1. The molecule has 2 atom stereocenters. The number of hydrogen-bond donors (Lipinski definition) is 2. The second-order valence-electron chi connectivity index (χ2n) is 6.27. The van der Waals surface area contributed by atoms with Gasteiger partial charge in [0.2, 0.25) is 0 Å². The van der Waals surface area contributed by atoms with Gasteiger partial charge in [0.1, 0.15) is 0 Å². The maximum Gasteiger partial charge on any atom is 0.338 e. The van der Waals surface area contributed by atoms with Gasteiger partial charge in [0.05, 0.1) is 10.5 Å². The number of urea groups is 1. The fraction of sp³-hybridized carbons (Fsp3) is 0.471. The maximum absolute atomic E-state index is 11.8. The zero-order valence-corrected chi connectivity index (χ0v) is 14.4. The lowest BCUT2D eigenvalue weighted by molar-refractivity contribution is -0.384. The highest BCUT2D eigenvalue weighted by Crippen LogP contribution is 2.23. The van der Waals surface area contributed by atoms with Crippen molar-refractivity contribution in [2.45, 2.75) is 38.6 Å². The van der Waals surface area contributed by atoms with E-state index in [1.54, 1.807) is 0 Å². The van der Waals surface area contributed by atoms with E-state index in [0.717, 1.165) is 31.7 Å². The van der Waals surface area contributed by atoms with E-state index >= 15 is 0 Å². The van der Waals surface area contributed by atoms with Crippen molar-refractivity contribution in [3.63, 3.8) is 0 Å². The Morgan fingerprint density at radius 1 is 1.27 bits per heavy atom. The molecule has 0 spiro atoms. The molecule has 1 fully saturated rings. The fourth-order valence-corrected chi connectivity index (χ4v) is 2.86. The Hall–Kier alpha value is -2.97. The average Bonchev–Trinajstić information content (AvgIpc) is 2.61. The molecule has 0 unspecified atom stereocenters. The van der Waals surface area contributed by atoms with Gasteiger partial charge in [-0.1, -0.05) is 25.8 Å². The van der Waals surface area contributed by atoms with Gasteiger partial charge in [-0.25, -0.2) is 9.59 Å². The number of rotatable bonds is 5. The number of imide groups is 1. The average molecular weight is 363 g/mol. The summed E-state index contributed by atoms with van der Waals surface area (Å²) >= 11 is 0. The van der Waals surface area contributed by atoms with Crippen LogP contribution in [0.2, 0.25) is 0 Å². The summed E-state index contributed by atoms with van der Waals surface area (Å²) in [5.41, 5.74) is -0.308. The lowest BCUT2D eigenvalue weighted by Crippen LogP contribution is -2.48. The monoisotopic (exact) mass is 363 g/mol. The van der Waals surface area contributed by atoms with Gasteiger partial charge < -0.3 is 10.1 Å². The molecule has 0 aromatic heterocycles. The fourth-order valence-electron chi connectivity index (χ4n) is 2.86. The number of nitrogens with one attached hydrogen (secondary N) is 2. The van der Waals surface area contributed by atoms with Gasteiger partial charge >= 0.3 is 12.0 Å². The third-order valence-electron chi connectivity index (χ3n) is 4.31. The summed E-state index contributed by atoms with van der Waals surface area (Å²) in [5.74, 6) is -1.31. The Morgan fingerprint density at radius 3 is 2.69 bits per heavy atom. The summed E-state index contributed by atoms with van der Waals surface area (Å²) in [6.07, 6.45) is 4.06. The first kappa shape index (κ1) is 19.4. The van der Waals surface area contributed by atoms with Crippen LogP contribution in [0, 0.1) is 16.0 Å². The molecule has 0 aliphatic heterocycles. The third-order valence-corrected chi connectivity index (χ3v) is 4.31. The van der Waals surface area contributed by atoms with Gasteiger partial charge in [0, 0.05) is 18.2 Å². The highest BCUT2D eigenvalue weighted by molar-refractivity contribution is 5.97. The number of hydrogen-bond acceptors (Lipinski definition) is 6. The van der Waals surface area contributed by atoms with E-state index < -0.39 is 29.4 Å². The Labute approximate surface area is 150 Å². The lowest BCUT2D eigenvalue weighted by Gasteiger charge is -2.29. The van der Waals surface area contributed by atoms with E-state index in [9.17, 15) is 24.5 Å². The zero-order valence-electron chi connectivity index (χ0n) is 14.4. The van der Waals surface area contributed by atoms with Crippen molar-refractivity contribution in [2.75, 3.05) is 6.61 Å². The van der Waals surface area contributed by atoms with Crippen LogP contribution in [0.5, 0.6) is 0 Å². The molecule has 26 heavy (non-hydrogen) atoms. The predicted molar refractivity (Wildman–Crippen MR) is 91.5 cm³/mol. The molecule has 2 rings (SSSR count). The van der Waals surface area contributed by atoms with Crippen molar-refractivity contribution in [3.8, 4) is 0 Å². The predicted octanol–water partition coefficient (Wildman–Crippen LogP) is 2.16. The van der Waals surface area contributed by atoms with Crippen molar-refractivity contribution in [2.24, 2.45) is 5.92 Å². The number of esters is 1. The highest BCUT2D eigenvalue weighted by atomic mass is 16.6. The van der Waals surface area contributed by atoms with E-state index in [2.05, 4.69) is 10.6 Å². The van der Waals surface area contributed by atoms with Gasteiger partial charge in [-0.2, -0.15) is 0 Å². The summed E-state index contributed by atoms with van der Waals surface area (Å²) in [6, 6.07) is 4.36. The van der Waals surface area contributed by atoms with Crippen molar-refractivity contribution < 1.29 is 24.0 Å². The molecular weight excluding hydrogens is 342 g/mol. The standard InChI is InChI=1S/C17H21N3O6/c1-11-5-2-3-8-14(11)18-17(23)19-15(21)10-26-16(22)12-6-4-7-13(9-12)20(24)25/h4,6-7,9,11,14H,2-3,5,8,10H2,1H3,(H2,18,19,21,23)/t11-,14+/m0/s1.